The van der Waals surface area contributed by atoms with E-state index in [-0.39, 0.29) is 0 Å². The molecule has 0 radical (unpaired) electrons. The molecule has 0 atom stereocenters. The molecule has 0 amide bonds. The van der Waals surface area contributed by atoms with Crippen LogP contribution in [-0.2, 0) is 14.4 Å². The maximum Gasteiger partial charge on any atom is 0.303 e. The van der Waals surface area contributed by atoms with E-state index in [4.69, 9.17) is 15.3 Å². The number of carboxylic acids is 3. The van der Waals surface area contributed by atoms with Crippen LogP contribution in [0, 0.1) is 0 Å². The number of carbonyl (C=O) groups is 3. The van der Waals surface area contributed by atoms with Crippen LogP contribution in [0.2, 0.25) is 0 Å². The summed E-state index contributed by atoms with van der Waals surface area (Å²) in [5.74, 6) is -1.97. The maximum atomic E-state index is 10.3. The molecule has 0 saturated carbocycles. The Morgan fingerprint density at radius 1 is 0.353 bits per heavy atom. The van der Waals surface area contributed by atoms with Gasteiger partial charge in [-0.05, 0) is 19.3 Å². The van der Waals surface area contributed by atoms with Crippen LogP contribution in [0.3, 0.4) is 0 Å². The van der Waals surface area contributed by atoms with Crippen molar-refractivity contribution in [3.8, 4) is 0 Å². The molecule has 0 aliphatic carbocycles. The highest BCUT2D eigenvalue weighted by atomic mass is 28.1. The third-order valence-corrected chi connectivity index (χ3v) is 8.98. The van der Waals surface area contributed by atoms with Gasteiger partial charge in [0, 0.05) is 29.5 Å². The Labute approximate surface area is 321 Å². The van der Waals surface area contributed by atoms with Crippen molar-refractivity contribution in [3.63, 3.8) is 0 Å². The molecule has 0 aromatic heterocycles. The van der Waals surface area contributed by atoms with Crippen molar-refractivity contribution in [2.45, 2.75) is 252 Å². The molecule has 0 bridgehead atoms. The predicted molar refractivity (Wildman–Crippen MR) is 226 cm³/mol. The standard InChI is InChI=1S/3C14H28O2.C2H6Si/c3*1-2-3-4-5-6-7-8-9-10-11-12-13-14(15)16;1-2-3/h3*2-13H2,1H3,(H,15,16);2H,1H2,3H3. The SMILES string of the molecule is C=C[SiH3].CCCCCCCCCCCCCC(=O)O.CCCCCCCCCCCCCC(=O)O.CCCCCCCCCCCCCC(=O)O. The summed E-state index contributed by atoms with van der Waals surface area (Å²) in [6, 6.07) is 0. The van der Waals surface area contributed by atoms with Gasteiger partial charge in [0.15, 0.2) is 0 Å². The van der Waals surface area contributed by atoms with E-state index >= 15 is 0 Å². The van der Waals surface area contributed by atoms with Gasteiger partial charge in [-0.3, -0.25) is 14.4 Å². The van der Waals surface area contributed by atoms with Crippen molar-refractivity contribution in [1.82, 2.24) is 0 Å². The number of unbranched alkanes of at least 4 members (excludes halogenated alkanes) is 30. The molecule has 0 spiro atoms. The van der Waals surface area contributed by atoms with Crippen molar-refractivity contribution in [3.05, 3.63) is 12.3 Å². The Kier molecular flexibility index (Phi) is 60.7. The van der Waals surface area contributed by atoms with Crippen LogP contribution in [0.1, 0.15) is 252 Å². The second kappa shape index (κ2) is 55.1. The second-order valence-electron chi connectivity index (χ2n) is 14.4. The quantitative estimate of drug-likeness (QED) is 0.0435. The molecule has 0 unspecified atom stereocenters. The van der Waals surface area contributed by atoms with Gasteiger partial charge in [0.1, 0.15) is 0 Å². The lowest BCUT2D eigenvalue weighted by Crippen LogP contribution is -1.93. The second-order valence-corrected chi connectivity index (χ2v) is 15.3. The minimum absolute atomic E-state index is 0.344. The lowest BCUT2D eigenvalue weighted by atomic mass is 10.1. The zero-order chi connectivity index (χ0) is 38.9. The monoisotopic (exact) mass is 743 g/mol. The average Bonchev–Trinajstić information content (AvgIpc) is 3.09. The zero-order valence-corrected chi connectivity index (χ0v) is 36.8. The normalized spacial score (nSPS) is 10.3. The Hall–Kier alpha value is -1.63. The lowest BCUT2D eigenvalue weighted by molar-refractivity contribution is -0.138. The summed E-state index contributed by atoms with van der Waals surface area (Å²) < 4.78 is 0. The van der Waals surface area contributed by atoms with Gasteiger partial charge in [0.05, 0.1) is 0 Å². The summed E-state index contributed by atoms with van der Waals surface area (Å²) >= 11 is 0. The maximum absolute atomic E-state index is 10.3. The van der Waals surface area contributed by atoms with Gasteiger partial charge in [-0.1, -0.05) is 213 Å². The van der Waals surface area contributed by atoms with Gasteiger partial charge in [-0.2, -0.15) is 0 Å². The van der Waals surface area contributed by atoms with E-state index in [0.29, 0.717) is 19.3 Å². The lowest BCUT2D eigenvalue weighted by Gasteiger charge is -2.01. The predicted octanol–water partition coefficient (Wildman–Crippen LogP) is 13.8. The van der Waals surface area contributed by atoms with Crippen LogP contribution in [0.5, 0.6) is 0 Å². The van der Waals surface area contributed by atoms with E-state index in [0.717, 1.165) is 48.8 Å². The summed E-state index contributed by atoms with van der Waals surface area (Å²) in [6.45, 7) is 10.2. The van der Waals surface area contributed by atoms with Crippen LogP contribution in [-0.4, -0.2) is 43.5 Å². The van der Waals surface area contributed by atoms with Gasteiger partial charge < -0.3 is 15.3 Å². The summed E-state index contributed by atoms with van der Waals surface area (Å²) in [5.41, 5.74) is 1.89. The molecule has 0 saturated heterocycles. The Bertz CT molecular complexity index is 599. The first-order chi connectivity index (χ1) is 24.7. The molecule has 0 aliphatic heterocycles. The van der Waals surface area contributed by atoms with Crippen LogP contribution in [0.15, 0.2) is 12.3 Å². The van der Waals surface area contributed by atoms with E-state index in [9.17, 15) is 14.4 Å². The van der Waals surface area contributed by atoms with Crippen LogP contribution < -0.4 is 0 Å². The number of hydrogen-bond acceptors (Lipinski definition) is 3. The topological polar surface area (TPSA) is 112 Å². The van der Waals surface area contributed by atoms with Crippen molar-refractivity contribution in [2.24, 2.45) is 0 Å². The largest absolute Gasteiger partial charge is 0.481 e. The number of carboxylic acid groups (broad SMARTS) is 3. The molecule has 0 rings (SSSR count). The first-order valence-corrected chi connectivity index (χ1v) is 23.1. The number of hydrogen-bond donors (Lipinski definition) is 3. The Morgan fingerprint density at radius 2 is 0.471 bits per heavy atom. The third kappa shape index (κ3) is 74.5. The van der Waals surface area contributed by atoms with Crippen molar-refractivity contribution >= 4 is 28.2 Å². The summed E-state index contributed by atoms with van der Waals surface area (Å²) in [4.78, 5) is 30.8. The van der Waals surface area contributed by atoms with Gasteiger partial charge in [-0.25, -0.2) is 0 Å². The third-order valence-electron chi connectivity index (χ3n) is 8.98. The van der Waals surface area contributed by atoms with E-state index in [2.05, 4.69) is 27.4 Å². The van der Waals surface area contributed by atoms with Gasteiger partial charge in [0.2, 0.25) is 0 Å². The molecule has 0 heterocycles. The molecule has 7 heteroatoms. The molecule has 51 heavy (non-hydrogen) atoms. The fourth-order valence-corrected chi connectivity index (χ4v) is 5.82. The van der Waals surface area contributed by atoms with Crippen LogP contribution in [0.4, 0.5) is 0 Å². The summed E-state index contributed by atoms with van der Waals surface area (Å²) in [7, 11) is 1.13. The van der Waals surface area contributed by atoms with Gasteiger partial charge in [-0.15, -0.1) is 12.3 Å². The van der Waals surface area contributed by atoms with Crippen molar-refractivity contribution in [1.29, 1.82) is 0 Å². The van der Waals surface area contributed by atoms with Gasteiger partial charge >= 0.3 is 17.9 Å². The van der Waals surface area contributed by atoms with E-state index in [1.807, 2.05) is 5.70 Å². The fourth-order valence-electron chi connectivity index (χ4n) is 5.82. The smallest absolute Gasteiger partial charge is 0.303 e. The fraction of sp³-hybridized carbons (Fsp3) is 0.886. The van der Waals surface area contributed by atoms with Crippen molar-refractivity contribution < 1.29 is 29.7 Å². The minimum atomic E-state index is -0.657. The molecule has 0 fully saturated rings. The van der Waals surface area contributed by atoms with E-state index in [1.54, 1.807) is 0 Å². The van der Waals surface area contributed by atoms with Crippen molar-refractivity contribution in [2.75, 3.05) is 0 Å². The molecule has 6 nitrogen and oxygen atoms in total. The molecule has 3 N–H and O–H groups in total. The Balaban J connectivity index is -0.000000312. The molecule has 0 aromatic carbocycles. The molecule has 0 aromatic rings. The first kappa shape index (κ1) is 56.1. The van der Waals surface area contributed by atoms with E-state index < -0.39 is 17.9 Å². The number of aliphatic carboxylic acids is 3. The minimum Gasteiger partial charge on any atom is -0.481 e. The molecular weight excluding hydrogens is 653 g/mol. The van der Waals surface area contributed by atoms with Gasteiger partial charge in [0.25, 0.3) is 0 Å². The van der Waals surface area contributed by atoms with E-state index in [1.165, 1.54) is 173 Å². The number of rotatable bonds is 36. The molecular formula is C44H90O6Si. The summed E-state index contributed by atoms with van der Waals surface area (Å²) in [6.07, 6.45) is 43.1. The first-order valence-electron chi connectivity index (χ1n) is 22.0. The zero-order valence-electron chi connectivity index (χ0n) is 34.8. The molecule has 306 valence electrons. The molecule has 0 aliphatic rings. The summed E-state index contributed by atoms with van der Waals surface area (Å²) in [5, 5.41) is 25.4. The highest BCUT2D eigenvalue weighted by Crippen LogP contribution is 2.14. The van der Waals surface area contributed by atoms with Crippen LogP contribution in [0.25, 0.3) is 0 Å². The average molecular weight is 743 g/mol. The van der Waals surface area contributed by atoms with Crippen LogP contribution >= 0.6 is 0 Å². The highest BCUT2D eigenvalue weighted by molar-refractivity contribution is 6.16. The highest BCUT2D eigenvalue weighted by Gasteiger charge is 1.99. The Morgan fingerprint density at radius 3 is 0.588 bits per heavy atom.